The molecule has 2 aliphatic rings. The van der Waals surface area contributed by atoms with Gasteiger partial charge in [0, 0.05) is 17.6 Å². The van der Waals surface area contributed by atoms with Crippen molar-refractivity contribution in [1.82, 2.24) is 21.3 Å². The van der Waals surface area contributed by atoms with Crippen LogP contribution in [0.25, 0.3) is 0 Å². The fraction of sp³-hybridized carbons (Fsp3) is 0.407. The zero-order valence-electron chi connectivity index (χ0n) is 22.4. The summed E-state index contributed by atoms with van der Waals surface area (Å²) in [4.78, 5) is 65.2. The van der Waals surface area contributed by atoms with Crippen molar-refractivity contribution in [1.29, 1.82) is 0 Å². The molecule has 1 fully saturated rings. The van der Waals surface area contributed by atoms with Gasteiger partial charge >= 0.3 is 5.97 Å². The molecular weight excluding hydrogens is 556 g/mol. The van der Waals surface area contributed by atoms with Gasteiger partial charge in [-0.25, -0.2) is 4.79 Å². The molecule has 3 rings (SSSR count). The van der Waals surface area contributed by atoms with Crippen molar-refractivity contribution in [2.45, 2.75) is 45.2 Å². The number of benzene rings is 1. The standard InChI is InChI=1S/C27H32N4O7S2/c1-16(2)24-27(36)30-21-15-40-39-11-5-4-6-19(13-22(32)31-24)38-23(33)14-28-25(34)20(29-26(21)35)12-17-7-9-18(37-3)10-8-17/h4,7-10,15-16,20,24H,5,11-14H2,1-3H3,(H,28,34)(H,29,35)(H,30,36)(H,31,32)/b21-15-/t6?,20-,24-/m1/s1. The molecule has 2 atom stereocenters. The van der Waals surface area contributed by atoms with Crippen LogP contribution >= 0.6 is 21.6 Å². The zero-order valence-corrected chi connectivity index (χ0v) is 24.0. The number of methoxy groups -OCH3 is 1. The number of amides is 4. The highest BCUT2D eigenvalue weighted by molar-refractivity contribution is 8.77. The largest absolute Gasteiger partial charge is 0.497 e. The highest BCUT2D eigenvalue weighted by Crippen LogP contribution is 2.25. The minimum absolute atomic E-state index is 0.0406. The third-order valence-corrected chi connectivity index (χ3v) is 7.86. The first-order chi connectivity index (χ1) is 19.2. The predicted molar refractivity (Wildman–Crippen MR) is 152 cm³/mol. The second kappa shape index (κ2) is 15.2. The molecule has 0 unspecified atom stereocenters. The molecule has 2 heterocycles. The molecule has 4 amide bonds. The molecule has 13 heteroatoms. The molecule has 1 aromatic carbocycles. The van der Waals surface area contributed by atoms with Crippen molar-refractivity contribution in [3.63, 3.8) is 0 Å². The number of hydrogen-bond donors (Lipinski definition) is 4. The molecule has 2 bridgehead atoms. The monoisotopic (exact) mass is 588 g/mol. The Kier molecular flexibility index (Phi) is 11.7. The molecule has 40 heavy (non-hydrogen) atoms. The molecule has 11 nitrogen and oxygen atoms in total. The van der Waals surface area contributed by atoms with E-state index in [0.717, 1.165) is 5.56 Å². The van der Waals surface area contributed by atoms with Crippen molar-refractivity contribution in [3.8, 4) is 5.75 Å². The number of nitrogens with one attached hydrogen (secondary N) is 4. The van der Waals surface area contributed by atoms with Crippen LogP contribution in [-0.4, -0.2) is 61.1 Å². The van der Waals surface area contributed by atoms with E-state index in [1.165, 1.54) is 34.1 Å². The van der Waals surface area contributed by atoms with E-state index in [1.807, 2.05) is 0 Å². The van der Waals surface area contributed by atoms with Gasteiger partial charge in [0.05, 0.1) is 13.5 Å². The Labute approximate surface area is 240 Å². The fourth-order valence-electron chi connectivity index (χ4n) is 3.69. The Morgan fingerprint density at radius 2 is 1.82 bits per heavy atom. The Hall–Kier alpha value is -3.67. The summed E-state index contributed by atoms with van der Waals surface area (Å²) in [6.07, 6.45) is 1.93. The van der Waals surface area contributed by atoms with E-state index in [9.17, 15) is 24.0 Å². The fourth-order valence-corrected chi connectivity index (χ4v) is 5.40. The third-order valence-electron chi connectivity index (χ3n) is 5.80. The summed E-state index contributed by atoms with van der Waals surface area (Å²) in [5.41, 5.74) is 3.49. The lowest BCUT2D eigenvalue weighted by Gasteiger charge is -2.24. The molecule has 1 saturated heterocycles. The van der Waals surface area contributed by atoms with Gasteiger partial charge in [-0.05, 0) is 36.1 Å². The van der Waals surface area contributed by atoms with E-state index in [4.69, 9.17) is 9.47 Å². The van der Waals surface area contributed by atoms with Gasteiger partial charge in [0.2, 0.25) is 17.7 Å². The van der Waals surface area contributed by atoms with Crippen LogP contribution in [0.5, 0.6) is 5.75 Å². The van der Waals surface area contributed by atoms with Crippen LogP contribution in [0.15, 0.2) is 52.9 Å². The summed E-state index contributed by atoms with van der Waals surface area (Å²) in [5, 5.41) is 11.9. The molecule has 2 aliphatic heterocycles. The van der Waals surface area contributed by atoms with Crippen LogP contribution in [-0.2, 0) is 35.1 Å². The number of carbonyl (C=O) groups excluding carboxylic acids is 5. The highest BCUT2D eigenvalue weighted by atomic mass is 33.1. The number of esters is 1. The highest BCUT2D eigenvalue weighted by Gasteiger charge is 2.29. The molecule has 0 radical (unpaired) electrons. The van der Waals surface area contributed by atoms with E-state index in [2.05, 4.69) is 27.0 Å². The van der Waals surface area contributed by atoms with Gasteiger partial charge in [-0.1, -0.05) is 53.3 Å². The minimum atomic E-state index is -1.09. The number of ether oxygens (including phenoxy) is 2. The first-order valence-corrected chi connectivity index (χ1v) is 15.0. The summed E-state index contributed by atoms with van der Waals surface area (Å²) in [7, 11) is 4.20. The maximum absolute atomic E-state index is 13.4. The maximum atomic E-state index is 13.4. The second-order valence-corrected chi connectivity index (χ2v) is 11.6. The van der Waals surface area contributed by atoms with Gasteiger partial charge in [0.15, 0.2) is 5.76 Å². The van der Waals surface area contributed by atoms with E-state index in [1.54, 1.807) is 44.2 Å². The summed E-state index contributed by atoms with van der Waals surface area (Å²) in [6.45, 7) is 2.99. The SMILES string of the molecule is COc1ccc(C[C@H]2NC(=O)/C3=C/SSCCC=C=C(CC(=O)N[C@H](C(C)C)C(=O)N3)OC(=O)CNC2=O)cc1. The van der Waals surface area contributed by atoms with Gasteiger partial charge in [-0.2, -0.15) is 0 Å². The minimum Gasteiger partial charge on any atom is -0.497 e. The summed E-state index contributed by atoms with van der Waals surface area (Å²) < 4.78 is 10.5. The lowest BCUT2D eigenvalue weighted by molar-refractivity contribution is -0.141. The molecule has 1 aromatic rings. The Bertz CT molecular complexity index is 1220. The lowest BCUT2D eigenvalue weighted by atomic mass is 10.0. The molecule has 214 valence electrons. The molecule has 0 saturated carbocycles. The summed E-state index contributed by atoms with van der Waals surface area (Å²) in [6, 6.07) is 4.88. The Morgan fingerprint density at radius 3 is 2.52 bits per heavy atom. The first kappa shape index (κ1) is 30.9. The second-order valence-electron chi connectivity index (χ2n) is 9.24. The topological polar surface area (TPSA) is 152 Å². The van der Waals surface area contributed by atoms with Gasteiger partial charge in [0.1, 0.15) is 30.1 Å². The van der Waals surface area contributed by atoms with Crippen LogP contribution in [0.4, 0.5) is 0 Å². The number of fused-ring (bicyclic) bond motifs is 7. The number of hydrogen-bond acceptors (Lipinski definition) is 9. The van der Waals surface area contributed by atoms with Gasteiger partial charge in [-0.3, -0.25) is 19.2 Å². The normalized spacial score (nSPS) is 22.9. The molecule has 0 aliphatic carbocycles. The van der Waals surface area contributed by atoms with Crippen molar-refractivity contribution < 1.29 is 33.4 Å². The van der Waals surface area contributed by atoms with Crippen LogP contribution in [0.3, 0.4) is 0 Å². The van der Waals surface area contributed by atoms with Crippen molar-refractivity contribution in [3.05, 3.63) is 58.5 Å². The van der Waals surface area contributed by atoms with Gasteiger partial charge < -0.3 is 30.7 Å². The van der Waals surface area contributed by atoms with Crippen LogP contribution < -0.4 is 26.0 Å². The number of carbonyl (C=O) groups is 5. The average Bonchev–Trinajstić information content (AvgIpc) is 2.92. The van der Waals surface area contributed by atoms with Crippen molar-refractivity contribution >= 4 is 51.2 Å². The molecule has 0 aromatic heterocycles. The van der Waals surface area contributed by atoms with Crippen molar-refractivity contribution in [2.24, 2.45) is 5.92 Å². The van der Waals surface area contributed by atoms with E-state index in [-0.39, 0.29) is 30.2 Å². The lowest BCUT2D eigenvalue weighted by Crippen LogP contribution is -2.53. The number of rotatable bonds is 4. The van der Waals surface area contributed by atoms with E-state index < -0.39 is 48.2 Å². The third kappa shape index (κ3) is 9.51. The van der Waals surface area contributed by atoms with Crippen LogP contribution in [0, 0.1) is 5.92 Å². The maximum Gasteiger partial charge on any atom is 0.331 e. The predicted octanol–water partition coefficient (Wildman–Crippen LogP) is 1.71. The summed E-state index contributed by atoms with van der Waals surface area (Å²) in [5.74, 6) is -2.46. The van der Waals surface area contributed by atoms with Gasteiger partial charge in [0.25, 0.3) is 5.91 Å². The Morgan fingerprint density at radius 1 is 1.07 bits per heavy atom. The quantitative estimate of drug-likeness (QED) is 0.234. The Balaban J connectivity index is 2.01. The summed E-state index contributed by atoms with van der Waals surface area (Å²) >= 11 is 0. The van der Waals surface area contributed by atoms with Crippen LogP contribution in [0.1, 0.15) is 32.3 Å². The van der Waals surface area contributed by atoms with Crippen molar-refractivity contribution in [2.75, 3.05) is 19.4 Å². The molecular formula is C27H32N4O7S2. The average molecular weight is 589 g/mol. The van der Waals surface area contributed by atoms with Crippen LogP contribution in [0.2, 0.25) is 0 Å². The zero-order chi connectivity index (χ0) is 29.1. The van der Waals surface area contributed by atoms with E-state index >= 15 is 0 Å². The van der Waals surface area contributed by atoms with E-state index in [0.29, 0.717) is 17.9 Å². The van der Waals surface area contributed by atoms with Gasteiger partial charge in [-0.15, -0.1) is 0 Å². The first-order valence-electron chi connectivity index (χ1n) is 12.6. The molecule has 4 N–H and O–H groups in total. The molecule has 0 spiro atoms. The smallest absolute Gasteiger partial charge is 0.331 e.